The molecule has 6 heteroatoms. The van der Waals surface area contributed by atoms with E-state index in [-0.39, 0.29) is 5.91 Å². The molecule has 2 heterocycles. The number of anilines is 3. The number of carbonyl (C=O) groups excluding carboxylic acids is 2. The molecule has 0 unspecified atom stereocenters. The molecule has 0 N–H and O–H groups in total. The lowest BCUT2D eigenvalue weighted by molar-refractivity contribution is -0.120. The van der Waals surface area contributed by atoms with Gasteiger partial charge in [0.25, 0.3) is 11.8 Å². The molecule has 0 spiro atoms. The van der Waals surface area contributed by atoms with Gasteiger partial charge in [-0.05, 0) is 60.0 Å². The van der Waals surface area contributed by atoms with Gasteiger partial charge in [-0.3, -0.25) is 9.59 Å². The molecule has 0 fully saturated rings. The molecule has 160 valence electrons. The number of fused-ring (bicyclic) bond motifs is 1. The van der Waals surface area contributed by atoms with E-state index in [9.17, 15) is 14.0 Å². The Kier molecular flexibility index (Phi) is 4.78. The summed E-state index contributed by atoms with van der Waals surface area (Å²) in [5, 5.41) is 0. The predicted octanol–water partition coefficient (Wildman–Crippen LogP) is 4.24. The molecule has 2 aliphatic rings. The lowest BCUT2D eigenvalue weighted by Crippen LogP contribution is -2.34. The van der Waals surface area contributed by atoms with Crippen molar-refractivity contribution in [1.29, 1.82) is 0 Å². The Bertz CT molecular complexity index is 1250. The molecule has 3 aromatic rings. The zero-order chi connectivity index (χ0) is 22.4. The van der Waals surface area contributed by atoms with Gasteiger partial charge in [0.1, 0.15) is 11.5 Å². The average Bonchev–Trinajstić information content (AvgIpc) is 3.32. The lowest BCUT2D eigenvalue weighted by Gasteiger charge is -2.22. The Morgan fingerprint density at radius 1 is 0.844 bits per heavy atom. The van der Waals surface area contributed by atoms with Crippen molar-refractivity contribution in [2.45, 2.75) is 6.42 Å². The molecule has 0 aromatic heterocycles. The summed E-state index contributed by atoms with van der Waals surface area (Å²) in [5.74, 6) is -1.17. The van der Waals surface area contributed by atoms with E-state index in [1.807, 2.05) is 60.3 Å². The van der Waals surface area contributed by atoms with Crippen LogP contribution < -0.4 is 14.7 Å². The van der Waals surface area contributed by atoms with Crippen LogP contribution in [-0.2, 0) is 16.0 Å². The molecular weight excluding hydrogens is 405 g/mol. The maximum Gasteiger partial charge on any atom is 0.282 e. The second-order valence-corrected chi connectivity index (χ2v) is 8.12. The summed E-state index contributed by atoms with van der Waals surface area (Å²) >= 11 is 0. The summed E-state index contributed by atoms with van der Waals surface area (Å²) in [6.07, 6.45) is 0.787. The summed E-state index contributed by atoms with van der Waals surface area (Å²) in [6, 6.07) is 20.9. The van der Waals surface area contributed by atoms with Crippen molar-refractivity contribution < 1.29 is 14.0 Å². The van der Waals surface area contributed by atoms with E-state index in [0.717, 1.165) is 23.4 Å². The molecular formula is C26H22FN3O2. The van der Waals surface area contributed by atoms with E-state index in [2.05, 4.69) is 0 Å². The van der Waals surface area contributed by atoms with E-state index < -0.39 is 11.7 Å². The van der Waals surface area contributed by atoms with Crippen LogP contribution in [0.5, 0.6) is 0 Å². The summed E-state index contributed by atoms with van der Waals surface area (Å²) in [6.45, 7) is 0.603. The summed E-state index contributed by atoms with van der Waals surface area (Å²) in [5.41, 5.74) is 4.68. The minimum absolute atomic E-state index is 0.295. The molecule has 0 bridgehead atoms. The van der Waals surface area contributed by atoms with Gasteiger partial charge in [-0.15, -0.1) is 0 Å². The Balaban J connectivity index is 1.64. The molecule has 0 saturated heterocycles. The van der Waals surface area contributed by atoms with Gasteiger partial charge >= 0.3 is 0 Å². The number of hydrogen-bond donors (Lipinski definition) is 0. The minimum atomic E-state index is -0.404. The Morgan fingerprint density at radius 2 is 1.53 bits per heavy atom. The normalized spacial score (nSPS) is 15.6. The Labute approximate surface area is 186 Å². The molecule has 3 aromatic carbocycles. The molecule has 0 radical (unpaired) electrons. The van der Waals surface area contributed by atoms with Crippen molar-refractivity contribution in [2.75, 3.05) is 35.3 Å². The van der Waals surface area contributed by atoms with Crippen molar-refractivity contribution in [3.63, 3.8) is 0 Å². The molecule has 32 heavy (non-hydrogen) atoms. The summed E-state index contributed by atoms with van der Waals surface area (Å²) in [4.78, 5) is 32.4. The number of imide groups is 1. The quantitative estimate of drug-likeness (QED) is 0.585. The molecule has 2 aliphatic heterocycles. The first-order valence-corrected chi connectivity index (χ1v) is 10.5. The average molecular weight is 427 g/mol. The van der Waals surface area contributed by atoms with Crippen LogP contribution in [0.15, 0.2) is 78.5 Å². The highest BCUT2D eigenvalue weighted by Crippen LogP contribution is 2.40. The first kappa shape index (κ1) is 20.0. The second kappa shape index (κ2) is 7.64. The van der Waals surface area contributed by atoms with E-state index in [4.69, 9.17) is 0 Å². The first-order chi connectivity index (χ1) is 15.5. The number of para-hydroxylation sites is 1. The van der Waals surface area contributed by atoms with Gasteiger partial charge in [-0.2, -0.15) is 0 Å². The third-order valence-electron chi connectivity index (χ3n) is 5.97. The Morgan fingerprint density at radius 3 is 2.22 bits per heavy atom. The largest absolute Gasteiger partial charge is 0.378 e. The van der Waals surface area contributed by atoms with Crippen LogP contribution in [0.2, 0.25) is 0 Å². The first-order valence-electron chi connectivity index (χ1n) is 10.5. The Hall–Kier alpha value is -3.93. The fraction of sp³-hybridized carbons (Fsp3) is 0.154. The van der Waals surface area contributed by atoms with Gasteiger partial charge in [0.2, 0.25) is 0 Å². The van der Waals surface area contributed by atoms with E-state index in [1.165, 1.54) is 17.0 Å². The highest BCUT2D eigenvalue weighted by atomic mass is 19.1. The van der Waals surface area contributed by atoms with Crippen molar-refractivity contribution in [3.8, 4) is 0 Å². The zero-order valence-electron chi connectivity index (χ0n) is 17.9. The molecule has 2 amide bonds. The van der Waals surface area contributed by atoms with Crippen molar-refractivity contribution in [1.82, 2.24) is 0 Å². The zero-order valence-corrected chi connectivity index (χ0v) is 17.9. The van der Waals surface area contributed by atoms with Gasteiger partial charge in [-0.1, -0.05) is 30.3 Å². The van der Waals surface area contributed by atoms with Gasteiger partial charge in [0.15, 0.2) is 0 Å². The number of nitrogens with zero attached hydrogens (tertiary/aromatic N) is 3. The van der Waals surface area contributed by atoms with E-state index >= 15 is 0 Å². The number of amides is 2. The van der Waals surface area contributed by atoms with E-state index in [1.54, 1.807) is 24.3 Å². The third-order valence-corrected chi connectivity index (χ3v) is 5.97. The number of hydrogen-bond acceptors (Lipinski definition) is 4. The third kappa shape index (κ3) is 3.15. The maximum atomic E-state index is 13.7. The maximum absolute atomic E-state index is 13.7. The molecule has 5 rings (SSSR count). The summed E-state index contributed by atoms with van der Waals surface area (Å²) in [7, 11) is 3.86. The lowest BCUT2D eigenvalue weighted by atomic mass is 10.0. The number of benzene rings is 3. The van der Waals surface area contributed by atoms with Crippen LogP contribution >= 0.6 is 0 Å². The molecule has 0 aliphatic carbocycles. The highest BCUT2D eigenvalue weighted by Gasteiger charge is 2.44. The van der Waals surface area contributed by atoms with Crippen LogP contribution in [0.25, 0.3) is 5.57 Å². The van der Waals surface area contributed by atoms with Crippen molar-refractivity contribution >= 4 is 34.4 Å². The molecule has 0 atom stereocenters. The van der Waals surface area contributed by atoms with Crippen LogP contribution in [-0.4, -0.2) is 32.5 Å². The molecule has 5 nitrogen and oxygen atoms in total. The fourth-order valence-electron chi connectivity index (χ4n) is 4.35. The predicted molar refractivity (Wildman–Crippen MR) is 124 cm³/mol. The number of halogens is 1. The summed E-state index contributed by atoms with van der Waals surface area (Å²) < 4.78 is 13.6. The van der Waals surface area contributed by atoms with Crippen LogP contribution in [0.4, 0.5) is 21.5 Å². The van der Waals surface area contributed by atoms with Crippen LogP contribution in [0.1, 0.15) is 11.1 Å². The topological polar surface area (TPSA) is 43.9 Å². The molecule has 0 saturated carbocycles. The highest BCUT2D eigenvalue weighted by molar-refractivity contribution is 6.46. The monoisotopic (exact) mass is 427 g/mol. The standard InChI is InChI=1S/C26H22FN3O2/c1-28(2)20-11-13-21(14-12-20)30-25(31)23(18-7-9-19(27)10-8-18)24(26(30)32)29-16-15-17-5-3-4-6-22(17)29/h3-14H,15-16H2,1-2H3. The number of carbonyl (C=O) groups is 2. The van der Waals surface area contributed by atoms with E-state index in [0.29, 0.717) is 29.1 Å². The second-order valence-electron chi connectivity index (χ2n) is 8.12. The SMILES string of the molecule is CN(C)c1ccc(N2C(=O)C(c3ccc(F)cc3)=C(N3CCc4ccccc43)C2=O)cc1. The fourth-order valence-corrected chi connectivity index (χ4v) is 4.35. The van der Waals surface area contributed by atoms with Crippen molar-refractivity contribution in [2.24, 2.45) is 0 Å². The van der Waals surface area contributed by atoms with Gasteiger partial charge < -0.3 is 9.80 Å². The van der Waals surface area contributed by atoms with Crippen LogP contribution in [0, 0.1) is 5.82 Å². The number of rotatable bonds is 4. The van der Waals surface area contributed by atoms with Gasteiger partial charge in [-0.25, -0.2) is 9.29 Å². The van der Waals surface area contributed by atoms with Gasteiger partial charge in [0.05, 0.1) is 11.3 Å². The smallest absolute Gasteiger partial charge is 0.282 e. The van der Waals surface area contributed by atoms with Gasteiger partial charge in [0, 0.05) is 32.0 Å². The minimum Gasteiger partial charge on any atom is -0.378 e. The van der Waals surface area contributed by atoms with Crippen LogP contribution in [0.3, 0.4) is 0 Å². The van der Waals surface area contributed by atoms with Crippen molar-refractivity contribution in [3.05, 3.63) is 95.4 Å².